The molecule has 0 aromatic heterocycles. The van der Waals surface area contributed by atoms with E-state index in [0.29, 0.717) is 26.9 Å². The molecule has 0 bridgehead atoms. The van der Waals surface area contributed by atoms with Gasteiger partial charge in [0.15, 0.2) is 5.78 Å². The van der Waals surface area contributed by atoms with Crippen molar-refractivity contribution < 1.29 is 4.79 Å². The summed E-state index contributed by atoms with van der Waals surface area (Å²) in [6.45, 7) is 0. The Morgan fingerprint density at radius 3 is 2.68 bits per heavy atom. The molecule has 2 N–H and O–H groups in total. The second-order valence-electron chi connectivity index (χ2n) is 4.04. The Morgan fingerprint density at radius 2 is 1.95 bits per heavy atom. The fourth-order valence-electron chi connectivity index (χ4n) is 1.72. The van der Waals surface area contributed by atoms with Gasteiger partial charge in [0.25, 0.3) is 0 Å². The molecule has 2 aromatic carbocycles. The van der Waals surface area contributed by atoms with Crippen LogP contribution in [0.15, 0.2) is 40.9 Å². The van der Waals surface area contributed by atoms with Crippen LogP contribution in [0, 0.1) is 0 Å². The topological polar surface area (TPSA) is 43.1 Å². The van der Waals surface area contributed by atoms with Gasteiger partial charge >= 0.3 is 0 Å². The molecule has 2 aromatic rings. The SMILES string of the molecule is Nc1ccc(Br)cc1C(=O)Cc1cccc(Cl)c1Cl. The Hall–Kier alpha value is -1.03. The number of hydrogen-bond acceptors (Lipinski definition) is 2. The highest BCUT2D eigenvalue weighted by atomic mass is 79.9. The van der Waals surface area contributed by atoms with Crippen LogP contribution in [0.2, 0.25) is 10.0 Å². The number of nitrogen functional groups attached to an aromatic ring is 1. The first kappa shape index (κ1) is 14.4. The Labute approximate surface area is 129 Å². The van der Waals surface area contributed by atoms with E-state index in [1.54, 1.807) is 36.4 Å². The number of anilines is 1. The molecular formula is C14H10BrCl2NO. The number of carbonyl (C=O) groups is 1. The average molecular weight is 359 g/mol. The van der Waals surface area contributed by atoms with Crippen molar-refractivity contribution in [3.63, 3.8) is 0 Å². The molecule has 0 radical (unpaired) electrons. The van der Waals surface area contributed by atoms with Gasteiger partial charge in [-0.1, -0.05) is 51.3 Å². The minimum absolute atomic E-state index is 0.0945. The van der Waals surface area contributed by atoms with Crippen LogP contribution in [0.5, 0.6) is 0 Å². The Morgan fingerprint density at radius 1 is 1.21 bits per heavy atom. The molecule has 0 aliphatic carbocycles. The quantitative estimate of drug-likeness (QED) is 0.634. The number of halogens is 3. The molecule has 0 spiro atoms. The van der Waals surface area contributed by atoms with E-state index in [1.807, 2.05) is 0 Å². The monoisotopic (exact) mass is 357 g/mol. The van der Waals surface area contributed by atoms with E-state index >= 15 is 0 Å². The van der Waals surface area contributed by atoms with E-state index in [2.05, 4.69) is 15.9 Å². The van der Waals surface area contributed by atoms with Crippen molar-refractivity contribution in [1.82, 2.24) is 0 Å². The molecule has 0 atom stereocenters. The van der Waals surface area contributed by atoms with Gasteiger partial charge < -0.3 is 5.73 Å². The number of carbonyl (C=O) groups excluding carboxylic acids is 1. The van der Waals surface area contributed by atoms with Gasteiger partial charge in [-0.15, -0.1) is 0 Å². The molecule has 2 nitrogen and oxygen atoms in total. The minimum atomic E-state index is -0.0945. The lowest BCUT2D eigenvalue weighted by atomic mass is 10.0. The van der Waals surface area contributed by atoms with Crippen molar-refractivity contribution in [2.24, 2.45) is 0 Å². The summed E-state index contributed by atoms with van der Waals surface area (Å²) >= 11 is 15.3. The predicted octanol–water partition coefficient (Wildman–Crippen LogP) is 4.76. The van der Waals surface area contributed by atoms with Gasteiger partial charge in [-0.2, -0.15) is 0 Å². The van der Waals surface area contributed by atoms with E-state index in [9.17, 15) is 4.79 Å². The van der Waals surface area contributed by atoms with E-state index in [1.165, 1.54) is 0 Å². The van der Waals surface area contributed by atoms with Crippen LogP contribution < -0.4 is 5.73 Å². The largest absolute Gasteiger partial charge is 0.398 e. The summed E-state index contributed by atoms with van der Waals surface area (Å²) < 4.78 is 0.808. The highest BCUT2D eigenvalue weighted by molar-refractivity contribution is 9.10. The molecule has 0 saturated carbocycles. The van der Waals surface area contributed by atoms with Crippen molar-refractivity contribution in [3.05, 3.63) is 62.0 Å². The number of hydrogen-bond donors (Lipinski definition) is 1. The van der Waals surface area contributed by atoms with Crippen LogP contribution in [0.4, 0.5) is 5.69 Å². The molecule has 0 aliphatic heterocycles. The maximum atomic E-state index is 12.2. The Bertz CT molecular complexity index is 643. The zero-order valence-corrected chi connectivity index (χ0v) is 12.9. The molecule has 0 amide bonds. The van der Waals surface area contributed by atoms with E-state index in [-0.39, 0.29) is 12.2 Å². The van der Waals surface area contributed by atoms with Crippen LogP contribution in [0.1, 0.15) is 15.9 Å². The molecule has 2 rings (SSSR count). The summed E-state index contributed by atoms with van der Waals surface area (Å²) in [7, 11) is 0. The van der Waals surface area contributed by atoms with E-state index in [0.717, 1.165) is 4.47 Å². The van der Waals surface area contributed by atoms with Crippen LogP contribution in [0.3, 0.4) is 0 Å². The maximum Gasteiger partial charge on any atom is 0.169 e. The standard InChI is InChI=1S/C14H10BrCl2NO/c15-9-4-5-12(18)10(7-9)13(19)6-8-2-1-3-11(16)14(8)17/h1-5,7H,6,18H2. The first-order valence-electron chi connectivity index (χ1n) is 5.50. The number of nitrogens with two attached hydrogens (primary N) is 1. The van der Waals surface area contributed by atoms with Gasteiger partial charge in [0.1, 0.15) is 0 Å². The molecule has 98 valence electrons. The van der Waals surface area contributed by atoms with Crippen molar-refractivity contribution in [2.75, 3.05) is 5.73 Å². The van der Waals surface area contributed by atoms with Crippen LogP contribution in [0.25, 0.3) is 0 Å². The second kappa shape index (κ2) is 5.95. The summed E-state index contributed by atoms with van der Waals surface area (Å²) in [5.41, 5.74) is 7.43. The molecule has 5 heteroatoms. The van der Waals surface area contributed by atoms with Gasteiger partial charge in [0, 0.05) is 22.1 Å². The third-order valence-electron chi connectivity index (χ3n) is 2.70. The lowest BCUT2D eigenvalue weighted by molar-refractivity contribution is 0.0994. The summed E-state index contributed by atoms with van der Waals surface area (Å²) in [5.74, 6) is -0.0945. The van der Waals surface area contributed by atoms with Crippen LogP contribution >= 0.6 is 39.1 Å². The van der Waals surface area contributed by atoms with Gasteiger partial charge in [-0.05, 0) is 29.8 Å². The van der Waals surface area contributed by atoms with Gasteiger partial charge in [0.05, 0.1) is 10.0 Å². The van der Waals surface area contributed by atoms with Gasteiger partial charge in [-0.3, -0.25) is 4.79 Å². The predicted molar refractivity (Wildman–Crippen MR) is 83.1 cm³/mol. The first-order valence-corrected chi connectivity index (χ1v) is 7.05. The Balaban J connectivity index is 2.31. The van der Waals surface area contributed by atoms with E-state index in [4.69, 9.17) is 28.9 Å². The van der Waals surface area contributed by atoms with Crippen molar-refractivity contribution in [3.8, 4) is 0 Å². The summed E-state index contributed by atoms with van der Waals surface area (Å²) in [5, 5.41) is 0.847. The molecule has 0 aliphatic rings. The van der Waals surface area contributed by atoms with Crippen molar-refractivity contribution >= 4 is 50.6 Å². The second-order valence-corrected chi connectivity index (χ2v) is 5.75. The fourth-order valence-corrected chi connectivity index (χ4v) is 2.47. The highest BCUT2D eigenvalue weighted by Crippen LogP contribution is 2.27. The molecule has 0 fully saturated rings. The van der Waals surface area contributed by atoms with Crippen molar-refractivity contribution in [1.29, 1.82) is 0 Å². The van der Waals surface area contributed by atoms with Crippen LogP contribution in [-0.4, -0.2) is 5.78 Å². The molecule has 19 heavy (non-hydrogen) atoms. The molecule has 0 saturated heterocycles. The fraction of sp³-hybridized carbons (Fsp3) is 0.0714. The minimum Gasteiger partial charge on any atom is -0.398 e. The molecule has 0 heterocycles. The molecule has 0 unspecified atom stereocenters. The Kier molecular flexibility index (Phi) is 4.50. The number of rotatable bonds is 3. The normalized spacial score (nSPS) is 10.5. The zero-order valence-electron chi connectivity index (χ0n) is 9.79. The first-order chi connectivity index (χ1) is 8.99. The number of benzene rings is 2. The summed E-state index contributed by atoms with van der Waals surface area (Å²) in [4.78, 5) is 12.2. The van der Waals surface area contributed by atoms with Gasteiger partial charge in [0.2, 0.25) is 0 Å². The number of ketones is 1. The lowest BCUT2D eigenvalue weighted by Gasteiger charge is -2.07. The number of Topliss-reactive ketones (excluding diaryl/α,β-unsaturated/α-hetero) is 1. The third kappa shape index (κ3) is 3.30. The smallest absolute Gasteiger partial charge is 0.169 e. The molecular weight excluding hydrogens is 349 g/mol. The maximum absolute atomic E-state index is 12.2. The third-order valence-corrected chi connectivity index (χ3v) is 4.05. The zero-order chi connectivity index (χ0) is 14.0. The lowest BCUT2D eigenvalue weighted by Crippen LogP contribution is -2.07. The van der Waals surface area contributed by atoms with E-state index < -0.39 is 0 Å². The summed E-state index contributed by atoms with van der Waals surface area (Å²) in [6, 6.07) is 10.4. The average Bonchev–Trinajstić information content (AvgIpc) is 2.38. The summed E-state index contributed by atoms with van der Waals surface area (Å²) in [6.07, 6.45) is 0.167. The van der Waals surface area contributed by atoms with Crippen LogP contribution in [-0.2, 0) is 6.42 Å². The van der Waals surface area contributed by atoms with Crippen molar-refractivity contribution in [2.45, 2.75) is 6.42 Å². The van der Waals surface area contributed by atoms with Gasteiger partial charge in [-0.25, -0.2) is 0 Å². The highest BCUT2D eigenvalue weighted by Gasteiger charge is 2.14.